The van der Waals surface area contributed by atoms with Crippen LogP contribution in [0.5, 0.6) is 0 Å². The van der Waals surface area contributed by atoms with Crippen molar-refractivity contribution >= 4 is 11.6 Å². The molecule has 2 nitrogen and oxygen atoms in total. The van der Waals surface area contributed by atoms with Gasteiger partial charge >= 0.3 is 0 Å². The Bertz CT molecular complexity index is 559. The van der Waals surface area contributed by atoms with E-state index in [2.05, 4.69) is 10.9 Å². The van der Waals surface area contributed by atoms with Crippen LogP contribution in [0.25, 0.3) is 0 Å². The van der Waals surface area contributed by atoms with Gasteiger partial charge in [0.1, 0.15) is 0 Å². The van der Waals surface area contributed by atoms with Crippen molar-refractivity contribution in [2.45, 2.75) is 12.0 Å². The van der Waals surface area contributed by atoms with Crippen molar-refractivity contribution in [1.29, 1.82) is 0 Å². The number of nitrogens with zero attached hydrogens (tertiary/aromatic N) is 1. The first-order chi connectivity index (χ1) is 8.64. The fraction of sp³-hybridized carbons (Fsp3) is 0.133. The van der Waals surface area contributed by atoms with E-state index in [1.54, 1.807) is 36.7 Å². The number of benzene rings is 1. The van der Waals surface area contributed by atoms with E-state index in [9.17, 15) is 5.11 Å². The van der Waals surface area contributed by atoms with Crippen LogP contribution in [0.1, 0.15) is 11.1 Å². The molecule has 0 amide bonds. The zero-order valence-corrected chi connectivity index (χ0v) is 10.4. The van der Waals surface area contributed by atoms with Gasteiger partial charge in [-0.05, 0) is 23.8 Å². The van der Waals surface area contributed by atoms with E-state index in [1.165, 1.54) is 0 Å². The van der Waals surface area contributed by atoms with E-state index in [0.717, 1.165) is 5.56 Å². The summed E-state index contributed by atoms with van der Waals surface area (Å²) in [5, 5.41) is 11.2. The molecule has 0 saturated heterocycles. The maximum atomic E-state index is 10.5. The normalized spacial score (nSPS) is 13.6. The van der Waals surface area contributed by atoms with Gasteiger partial charge in [-0.1, -0.05) is 35.7 Å². The second-order valence-electron chi connectivity index (χ2n) is 4.05. The zero-order chi connectivity index (χ0) is 13.0. The lowest BCUT2D eigenvalue weighted by atomic mass is 9.89. The molecule has 0 aliphatic carbocycles. The molecular weight excluding hydrogens is 246 g/mol. The van der Waals surface area contributed by atoms with Gasteiger partial charge in [0.25, 0.3) is 0 Å². The van der Waals surface area contributed by atoms with Crippen LogP contribution in [0.2, 0.25) is 5.02 Å². The maximum Gasteiger partial charge on any atom is 0.156 e. The molecule has 0 spiro atoms. The summed E-state index contributed by atoms with van der Waals surface area (Å²) in [6.07, 6.45) is 9.01. The number of rotatable bonds is 3. The zero-order valence-electron chi connectivity index (χ0n) is 9.68. The van der Waals surface area contributed by atoms with Crippen LogP contribution in [-0.4, -0.2) is 10.1 Å². The second kappa shape index (κ2) is 5.22. The number of aromatic nitrogens is 1. The monoisotopic (exact) mass is 257 g/mol. The molecule has 1 N–H and O–H groups in total. The van der Waals surface area contributed by atoms with Crippen LogP contribution < -0.4 is 0 Å². The van der Waals surface area contributed by atoms with E-state index < -0.39 is 5.60 Å². The third-order valence-electron chi connectivity index (χ3n) is 2.75. The predicted octanol–water partition coefficient (Wildman–Crippen LogP) is 2.80. The standard InChI is InChI=1S/C15H12ClNO/c1-2-15(18,13-4-3-9-17-11-13)10-12-5-7-14(16)8-6-12/h1,3-9,11,18H,10H2. The Morgan fingerprint density at radius 1 is 1.28 bits per heavy atom. The molecule has 2 rings (SSSR count). The highest BCUT2D eigenvalue weighted by Gasteiger charge is 2.27. The van der Waals surface area contributed by atoms with Gasteiger partial charge in [0.05, 0.1) is 0 Å². The van der Waals surface area contributed by atoms with Crippen molar-refractivity contribution in [2.75, 3.05) is 0 Å². The van der Waals surface area contributed by atoms with Gasteiger partial charge in [0, 0.05) is 29.4 Å². The van der Waals surface area contributed by atoms with Gasteiger partial charge in [-0.2, -0.15) is 0 Å². The molecule has 0 bridgehead atoms. The van der Waals surface area contributed by atoms with Crippen LogP contribution in [0.15, 0.2) is 48.8 Å². The summed E-state index contributed by atoms with van der Waals surface area (Å²) in [7, 11) is 0. The molecule has 1 atom stereocenters. The van der Waals surface area contributed by atoms with Crippen LogP contribution in [0.3, 0.4) is 0 Å². The Hall–Kier alpha value is -1.82. The van der Waals surface area contributed by atoms with Crippen molar-refractivity contribution in [3.8, 4) is 12.3 Å². The lowest BCUT2D eigenvalue weighted by molar-refractivity contribution is 0.100. The first-order valence-corrected chi connectivity index (χ1v) is 5.87. The highest BCUT2D eigenvalue weighted by Crippen LogP contribution is 2.25. The molecular formula is C15H12ClNO. The van der Waals surface area contributed by atoms with Crippen molar-refractivity contribution in [2.24, 2.45) is 0 Å². The van der Waals surface area contributed by atoms with Gasteiger partial charge in [-0.15, -0.1) is 6.42 Å². The number of terminal acetylenes is 1. The Morgan fingerprint density at radius 3 is 2.56 bits per heavy atom. The van der Waals surface area contributed by atoms with E-state index in [4.69, 9.17) is 18.0 Å². The van der Waals surface area contributed by atoms with E-state index in [0.29, 0.717) is 17.0 Å². The molecule has 0 aliphatic rings. The number of hydrogen-bond acceptors (Lipinski definition) is 2. The average molecular weight is 258 g/mol. The summed E-state index contributed by atoms with van der Waals surface area (Å²) in [5.41, 5.74) is 0.188. The van der Waals surface area contributed by atoms with Crippen LogP contribution in [0, 0.1) is 12.3 Å². The molecule has 1 aromatic carbocycles. The topological polar surface area (TPSA) is 33.1 Å². The molecule has 0 saturated carbocycles. The predicted molar refractivity (Wildman–Crippen MR) is 72.1 cm³/mol. The first kappa shape index (κ1) is 12.6. The van der Waals surface area contributed by atoms with E-state index in [1.807, 2.05) is 12.1 Å². The number of hydrogen-bond donors (Lipinski definition) is 1. The van der Waals surface area contributed by atoms with Crippen molar-refractivity contribution < 1.29 is 5.11 Å². The largest absolute Gasteiger partial charge is 0.373 e. The summed E-state index contributed by atoms with van der Waals surface area (Å²) < 4.78 is 0. The van der Waals surface area contributed by atoms with Gasteiger partial charge in [0.15, 0.2) is 5.60 Å². The molecule has 0 radical (unpaired) electrons. The fourth-order valence-corrected chi connectivity index (χ4v) is 1.87. The van der Waals surface area contributed by atoms with Gasteiger partial charge in [-0.3, -0.25) is 4.98 Å². The van der Waals surface area contributed by atoms with Gasteiger partial charge < -0.3 is 5.11 Å². The summed E-state index contributed by atoms with van der Waals surface area (Å²) in [6.45, 7) is 0. The number of aliphatic hydroxyl groups is 1. The molecule has 0 aliphatic heterocycles. The molecule has 1 heterocycles. The van der Waals surface area contributed by atoms with Crippen molar-refractivity contribution in [3.63, 3.8) is 0 Å². The van der Waals surface area contributed by atoms with Crippen LogP contribution in [0.4, 0.5) is 0 Å². The SMILES string of the molecule is C#CC(O)(Cc1ccc(Cl)cc1)c1cccnc1. The Balaban J connectivity index is 2.30. The van der Waals surface area contributed by atoms with E-state index in [-0.39, 0.29) is 0 Å². The molecule has 90 valence electrons. The van der Waals surface area contributed by atoms with Crippen molar-refractivity contribution in [1.82, 2.24) is 4.98 Å². The Morgan fingerprint density at radius 2 is 2.00 bits per heavy atom. The van der Waals surface area contributed by atoms with Crippen LogP contribution >= 0.6 is 11.6 Å². The molecule has 18 heavy (non-hydrogen) atoms. The quantitative estimate of drug-likeness (QED) is 0.858. The fourth-order valence-electron chi connectivity index (χ4n) is 1.74. The Kier molecular flexibility index (Phi) is 3.66. The van der Waals surface area contributed by atoms with Gasteiger partial charge in [-0.25, -0.2) is 0 Å². The van der Waals surface area contributed by atoms with Crippen molar-refractivity contribution in [3.05, 3.63) is 64.9 Å². The molecule has 1 unspecified atom stereocenters. The highest BCUT2D eigenvalue weighted by molar-refractivity contribution is 6.30. The molecule has 1 aromatic heterocycles. The lowest BCUT2D eigenvalue weighted by Crippen LogP contribution is -2.26. The highest BCUT2D eigenvalue weighted by atomic mass is 35.5. The van der Waals surface area contributed by atoms with Gasteiger partial charge in [0.2, 0.25) is 0 Å². The summed E-state index contributed by atoms with van der Waals surface area (Å²) >= 11 is 5.82. The smallest absolute Gasteiger partial charge is 0.156 e. The molecule has 2 aromatic rings. The lowest BCUT2D eigenvalue weighted by Gasteiger charge is -2.22. The summed E-state index contributed by atoms with van der Waals surface area (Å²) in [5.74, 6) is 2.44. The maximum absolute atomic E-state index is 10.5. The number of pyridine rings is 1. The number of halogens is 1. The third kappa shape index (κ3) is 2.70. The summed E-state index contributed by atoms with van der Waals surface area (Å²) in [6, 6.07) is 10.8. The third-order valence-corrected chi connectivity index (χ3v) is 3.00. The minimum Gasteiger partial charge on any atom is -0.373 e. The average Bonchev–Trinajstić information content (AvgIpc) is 2.42. The summed E-state index contributed by atoms with van der Waals surface area (Å²) in [4.78, 5) is 3.98. The second-order valence-corrected chi connectivity index (χ2v) is 4.49. The minimum absolute atomic E-state index is 0.326. The van der Waals surface area contributed by atoms with E-state index >= 15 is 0 Å². The minimum atomic E-state index is -1.35. The molecule has 0 fully saturated rings. The van der Waals surface area contributed by atoms with Crippen LogP contribution in [-0.2, 0) is 12.0 Å². The first-order valence-electron chi connectivity index (χ1n) is 5.49. The molecule has 3 heteroatoms. The Labute approximate surface area is 111 Å².